The minimum absolute atomic E-state index is 0.406. The third-order valence-corrected chi connectivity index (χ3v) is 4.74. The number of thiophene rings is 1. The maximum atomic E-state index is 3.62. The molecule has 0 saturated carbocycles. The van der Waals surface area contributed by atoms with E-state index in [-0.39, 0.29) is 0 Å². The van der Waals surface area contributed by atoms with Crippen molar-refractivity contribution in [3.63, 3.8) is 0 Å². The van der Waals surface area contributed by atoms with Crippen LogP contribution in [0.1, 0.15) is 29.8 Å². The molecule has 3 heteroatoms. The third kappa shape index (κ3) is 2.90. The Hall–Kier alpha value is -0.800. The van der Waals surface area contributed by atoms with Gasteiger partial charge in [0.15, 0.2) is 0 Å². The molecule has 90 valence electrons. The third-order valence-electron chi connectivity index (χ3n) is 2.89. The lowest BCUT2D eigenvalue weighted by atomic mass is 10.1. The van der Waals surface area contributed by atoms with Crippen LogP contribution in [0.25, 0.3) is 0 Å². The van der Waals surface area contributed by atoms with Gasteiger partial charge in [-0.3, -0.25) is 0 Å². The van der Waals surface area contributed by atoms with Gasteiger partial charge in [0.2, 0.25) is 0 Å². The lowest BCUT2D eigenvalue weighted by Crippen LogP contribution is -2.09. The Bertz CT molecular complexity index is 479. The quantitative estimate of drug-likeness (QED) is 0.799. The first-order valence-electron chi connectivity index (χ1n) is 5.77. The smallest absolute Gasteiger partial charge is 0.0604 e. The molecule has 1 nitrogen and oxygen atoms in total. The van der Waals surface area contributed by atoms with Crippen LogP contribution in [0.4, 0.5) is 5.69 Å². The first-order valence-corrected chi connectivity index (χ1v) is 7.44. The van der Waals surface area contributed by atoms with E-state index in [1.165, 1.54) is 16.1 Å². The minimum atomic E-state index is 0.406. The van der Waals surface area contributed by atoms with Gasteiger partial charge in [-0.25, -0.2) is 0 Å². The molecule has 0 bridgehead atoms. The summed E-state index contributed by atoms with van der Waals surface area (Å²) >= 11 is 5.38. The van der Waals surface area contributed by atoms with Gasteiger partial charge in [-0.05, 0) is 42.5 Å². The van der Waals surface area contributed by atoms with Gasteiger partial charge in [0.25, 0.3) is 0 Å². The van der Waals surface area contributed by atoms with E-state index < -0.39 is 0 Å². The molecule has 17 heavy (non-hydrogen) atoms. The number of hydrogen-bond acceptors (Lipinski definition) is 2. The van der Waals surface area contributed by atoms with Gasteiger partial charge in [0.1, 0.15) is 0 Å². The lowest BCUT2D eigenvalue weighted by molar-refractivity contribution is 0.763. The Morgan fingerprint density at radius 1 is 1.29 bits per heavy atom. The van der Waals surface area contributed by atoms with Crippen molar-refractivity contribution in [2.75, 3.05) is 5.32 Å². The van der Waals surface area contributed by atoms with Gasteiger partial charge in [0, 0.05) is 15.0 Å². The van der Waals surface area contributed by atoms with E-state index in [9.17, 15) is 0 Å². The van der Waals surface area contributed by atoms with Gasteiger partial charge >= 0.3 is 0 Å². The van der Waals surface area contributed by atoms with Crippen molar-refractivity contribution >= 4 is 33.0 Å². The topological polar surface area (TPSA) is 12.0 Å². The molecule has 1 unspecified atom stereocenters. The summed E-state index contributed by atoms with van der Waals surface area (Å²) in [7, 11) is 0. The number of halogens is 1. The van der Waals surface area contributed by atoms with E-state index in [0.29, 0.717) is 6.04 Å². The van der Waals surface area contributed by atoms with Crippen molar-refractivity contribution in [2.45, 2.75) is 26.3 Å². The van der Waals surface area contributed by atoms with E-state index in [1.54, 1.807) is 0 Å². The molecule has 0 radical (unpaired) electrons. The molecule has 1 heterocycles. The predicted molar refractivity (Wildman–Crippen MR) is 79.9 cm³/mol. The van der Waals surface area contributed by atoms with Crippen molar-refractivity contribution in [3.8, 4) is 0 Å². The second-order valence-corrected chi connectivity index (χ2v) is 5.87. The van der Waals surface area contributed by atoms with E-state index in [0.717, 1.165) is 10.9 Å². The van der Waals surface area contributed by atoms with E-state index >= 15 is 0 Å². The van der Waals surface area contributed by atoms with Crippen LogP contribution in [0.3, 0.4) is 0 Å². The van der Waals surface area contributed by atoms with Crippen LogP contribution in [-0.2, 0) is 0 Å². The molecular weight excluding hydrogens is 294 g/mol. The Kier molecular flexibility index (Phi) is 4.24. The zero-order valence-corrected chi connectivity index (χ0v) is 12.4. The molecule has 0 spiro atoms. The molecule has 0 fully saturated rings. The van der Waals surface area contributed by atoms with E-state index in [4.69, 9.17) is 0 Å². The fourth-order valence-corrected chi connectivity index (χ4v) is 3.04. The highest BCUT2D eigenvalue weighted by Gasteiger charge is 2.11. The predicted octanol–water partition coefficient (Wildman–Crippen LogP) is 5.38. The van der Waals surface area contributed by atoms with Crippen molar-refractivity contribution < 1.29 is 0 Å². The van der Waals surface area contributed by atoms with Gasteiger partial charge < -0.3 is 5.32 Å². The number of anilines is 1. The molecule has 1 atom stereocenters. The number of hydrogen-bond donors (Lipinski definition) is 1. The lowest BCUT2D eigenvalue weighted by Gasteiger charge is -2.19. The SMILES string of the molecule is CCC(Nc1cccc(Br)c1C)c1cccs1. The summed E-state index contributed by atoms with van der Waals surface area (Å²) in [5, 5.41) is 5.75. The highest BCUT2D eigenvalue weighted by molar-refractivity contribution is 9.10. The van der Waals surface area contributed by atoms with Crippen LogP contribution >= 0.6 is 27.3 Å². The van der Waals surface area contributed by atoms with Gasteiger partial charge in [-0.2, -0.15) is 0 Å². The van der Waals surface area contributed by atoms with Gasteiger partial charge in [0.05, 0.1) is 6.04 Å². The zero-order chi connectivity index (χ0) is 12.3. The summed E-state index contributed by atoms with van der Waals surface area (Å²) in [6.07, 6.45) is 1.09. The minimum Gasteiger partial charge on any atom is -0.377 e. The molecule has 0 amide bonds. The van der Waals surface area contributed by atoms with Crippen LogP contribution in [0, 0.1) is 6.92 Å². The fourth-order valence-electron chi connectivity index (χ4n) is 1.82. The van der Waals surface area contributed by atoms with Crippen molar-refractivity contribution in [1.82, 2.24) is 0 Å². The normalized spacial score (nSPS) is 12.4. The molecule has 1 aromatic carbocycles. The molecule has 1 N–H and O–H groups in total. The molecule has 2 rings (SSSR count). The molecule has 2 aromatic rings. The summed E-state index contributed by atoms with van der Waals surface area (Å²) in [4.78, 5) is 1.40. The fraction of sp³-hybridized carbons (Fsp3) is 0.286. The summed E-state index contributed by atoms with van der Waals surface area (Å²) < 4.78 is 1.16. The highest BCUT2D eigenvalue weighted by Crippen LogP contribution is 2.30. The molecule has 0 aliphatic rings. The van der Waals surface area contributed by atoms with Crippen LogP contribution in [0.15, 0.2) is 40.2 Å². The van der Waals surface area contributed by atoms with Crippen molar-refractivity contribution in [2.24, 2.45) is 0 Å². The van der Waals surface area contributed by atoms with E-state index in [1.807, 2.05) is 11.3 Å². The van der Waals surface area contributed by atoms with Crippen molar-refractivity contribution in [1.29, 1.82) is 0 Å². The largest absolute Gasteiger partial charge is 0.377 e. The standard InChI is InChI=1S/C14H16BrNS/c1-3-12(14-8-5-9-17-14)16-13-7-4-6-11(15)10(13)2/h4-9,12,16H,3H2,1-2H3. The second-order valence-electron chi connectivity index (χ2n) is 4.03. The number of benzene rings is 1. The first-order chi connectivity index (χ1) is 8.22. The average molecular weight is 310 g/mol. The van der Waals surface area contributed by atoms with Crippen LogP contribution < -0.4 is 5.32 Å². The summed E-state index contributed by atoms with van der Waals surface area (Å²) in [5.74, 6) is 0. The molecule has 0 aliphatic heterocycles. The van der Waals surface area contributed by atoms with Gasteiger partial charge in [-0.1, -0.05) is 35.0 Å². The Morgan fingerprint density at radius 2 is 2.12 bits per heavy atom. The van der Waals surface area contributed by atoms with Crippen LogP contribution in [0.2, 0.25) is 0 Å². The summed E-state index contributed by atoms with van der Waals surface area (Å²) in [6, 6.07) is 11.0. The Balaban J connectivity index is 2.22. The summed E-state index contributed by atoms with van der Waals surface area (Å²) in [6.45, 7) is 4.35. The molecule has 1 aromatic heterocycles. The molecule has 0 aliphatic carbocycles. The first kappa shape index (κ1) is 12.7. The highest BCUT2D eigenvalue weighted by atomic mass is 79.9. The molecule has 0 saturated heterocycles. The number of rotatable bonds is 4. The van der Waals surface area contributed by atoms with Gasteiger partial charge in [-0.15, -0.1) is 11.3 Å². The summed E-state index contributed by atoms with van der Waals surface area (Å²) in [5.41, 5.74) is 2.47. The van der Waals surface area contributed by atoms with E-state index in [2.05, 4.69) is 70.8 Å². The maximum absolute atomic E-state index is 3.62. The van der Waals surface area contributed by atoms with Crippen LogP contribution in [-0.4, -0.2) is 0 Å². The Labute approximate surface area is 115 Å². The Morgan fingerprint density at radius 3 is 2.76 bits per heavy atom. The monoisotopic (exact) mass is 309 g/mol. The average Bonchev–Trinajstić information content (AvgIpc) is 2.85. The molecular formula is C14H16BrNS. The second kappa shape index (κ2) is 5.69. The maximum Gasteiger partial charge on any atom is 0.0604 e. The number of nitrogens with one attached hydrogen (secondary N) is 1. The zero-order valence-electron chi connectivity index (χ0n) is 10.0. The van der Waals surface area contributed by atoms with Crippen molar-refractivity contribution in [3.05, 3.63) is 50.6 Å². The van der Waals surface area contributed by atoms with Crippen LogP contribution in [0.5, 0.6) is 0 Å².